The van der Waals surface area contributed by atoms with Crippen molar-refractivity contribution in [3.8, 4) is 44.9 Å². The van der Waals surface area contributed by atoms with E-state index in [0.717, 1.165) is 49.3 Å². The fourth-order valence-electron chi connectivity index (χ4n) is 7.23. The van der Waals surface area contributed by atoms with E-state index in [-0.39, 0.29) is 0 Å². The molecule has 0 fully saturated rings. The van der Waals surface area contributed by atoms with Crippen LogP contribution in [0.1, 0.15) is 0 Å². The van der Waals surface area contributed by atoms with E-state index in [9.17, 15) is 0 Å². The summed E-state index contributed by atoms with van der Waals surface area (Å²) in [4.78, 5) is 15.1. The summed E-state index contributed by atoms with van der Waals surface area (Å²) < 4.78 is 2.34. The standard InChI is InChI=1S/C45H27N3S/c1-2-10-29(11-3-1)42-44-43(39-15-6-7-18-40(39)49-44)48-45(47-42)31-21-19-28(20-22-31)32-25-26-36(34-14-5-4-13-33(32)34)35-16-8-17-38-37(35)24-23-30-12-9-27-46-41(30)38/h1-27H. The molecule has 7 aromatic carbocycles. The summed E-state index contributed by atoms with van der Waals surface area (Å²) in [7, 11) is 0. The third-order valence-corrected chi connectivity index (χ3v) is 10.7. The predicted octanol–water partition coefficient (Wildman–Crippen LogP) is 12.4. The summed E-state index contributed by atoms with van der Waals surface area (Å²) in [6, 6.07) is 56.0. The van der Waals surface area contributed by atoms with Gasteiger partial charge in [0.25, 0.3) is 0 Å². The van der Waals surface area contributed by atoms with E-state index in [0.29, 0.717) is 0 Å². The second-order valence-corrected chi connectivity index (χ2v) is 13.4. The van der Waals surface area contributed by atoms with Gasteiger partial charge >= 0.3 is 0 Å². The van der Waals surface area contributed by atoms with Gasteiger partial charge in [-0.15, -0.1) is 11.3 Å². The minimum atomic E-state index is 0.736. The zero-order chi connectivity index (χ0) is 32.3. The molecule has 228 valence electrons. The molecule has 0 bridgehead atoms. The van der Waals surface area contributed by atoms with Crippen molar-refractivity contribution in [2.45, 2.75) is 0 Å². The average Bonchev–Trinajstić information content (AvgIpc) is 3.56. The van der Waals surface area contributed by atoms with Crippen LogP contribution in [0.5, 0.6) is 0 Å². The lowest BCUT2D eigenvalue weighted by atomic mass is 9.89. The number of nitrogens with zero attached hydrogens (tertiary/aromatic N) is 3. The second-order valence-electron chi connectivity index (χ2n) is 12.4. The molecule has 0 saturated carbocycles. The molecular weight excluding hydrogens is 615 g/mol. The van der Waals surface area contributed by atoms with E-state index in [4.69, 9.17) is 15.0 Å². The smallest absolute Gasteiger partial charge is 0.160 e. The van der Waals surface area contributed by atoms with Crippen LogP contribution in [0.2, 0.25) is 0 Å². The van der Waals surface area contributed by atoms with Crippen LogP contribution in [-0.2, 0) is 0 Å². The first-order valence-electron chi connectivity index (χ1n) is 16.4. The lowest BCUT2D eigenvalue weighted by Gasteiger charge is -2.15. The lowest BCUT2D eigenvalue weighted by molar-refractivity contribution is 1.24. The van der Waals surface area contributed by atoms with Gasteiger partial charge in [-0.1, -0.05) is 146 Å². The van der Waals surface area contributed by atoms with E-state index in [1.165, 1.54) is 48.3 Å². The highest BCUT2D eigenvalue weighted by molar-refractivity contribution is 7.26. The van der Waals surface area contributed by atoms with Crippen LogP contribution in [0.15, 0.2) is 164 Å². The molecule has 0 aliphatic carbocycles. The Morgan fingerprint density at radius 2 is 1.06 bits per heavy atom. The molecule has 0 amide bonds. The van der Waals surface area contributed by atoms with Gasteiger partial charge in [-0.3, -0.25) is 4.98 Å². The topological polar surface area (TPSA) is 38.7 Å². The van der Waals surface area contributed by atoms with Gasteiger partial charge in [0, 0.05) is 38.2 Å². The van der Waals surface area contributed by atoms with Crippen LogP contribution in [0.25, 0.3) is 97.6 Å². The van der Waals surface area contributed by atoms with Gasteiger partial charge in [-0.05, 0) is 50.5 Å². The number of benzene rings is 7. The summed E-state index contributed by atoms with van der Waals surface area (Å²) in [6.45, 7) is 0. The number of rotatable bonds is 4. The molecule has 49 heavy (non-hydrogen) atoms. The number of thiophene rings is 1. The fraction of sp³-hybridized carbons (Fsp3) is 0. The monoisotopic (exact) mass is 641 g/mol. The molecule has 10 aromatic rings. The molecule has 0 aliphatic heterocycles. The van der Waals surface area contributed by atoms with Crippen molar-refractivity contribution in [3.05, 3.63) is 164 Å². The van der Waals surface area contributed by atoms with Crippen molar-refractivity contribution in [3.63, 3.8) is 0 Å². The van der Waals surface area contributed by atoms with Crippen LogP contribution in [-0.4, -0.2) is 15.0 Å². The highest BCUT2D eigenvalue weighted by Crippen LogP contribution is 2.41. The van der Waals surface area contributed by atoms with Crippen LogP contribution < -0.4 is 0 Å². The zero-order valence-electron chi connectivity index (χ0n) is 26.3. The average molecular weight is 642 g/mol. The Balaban J connectivity index is 1.09. The molecule has 3 nitrogen and oxygen atoms in total. The van der Waals surface area contributed by atoms with Gasteiger partial charge in [0.05, 0.1) is 21.4 Å². The Morgan fingerprint density at radius 3 is 1.92 bits per heavy atom. The molecule has 3 heterocycles. The zero-order valence-corrected chi connectivity index (χ0v) is 27.2. The van der Waals surface area contributed by atoms with Crippen molar-refractivity contribution in [2.24, 2.45) is 0 Å². The molecule has 4 heteroatoms. The van der Waals surface area contributed by atoms with Crippen LogP contribution in [0.3, 0.4) is 0 Å². The normalized spacial score (nSPS) is 11.7. The Kier molecular flexibility index (Phi) is 6.36. The van der Waals surface area contributed by atoms with Crippen LogP contribution in [0, 0.1) is 0 Å². The molecule has 10 rings (SSSR count). The largest absolute Gasteiger partial charge is 0.256 e. The predicted molar refractivity (Wildman–Crippen MR) is 207 cm³/mol. The highest BCUT2D eigenvalue weighted by atomic mass is 32.1. The van der Waals surface area contributed by atoms with Crippen molar-refractivity contribution in [1.29, 1.82) is 0 Å². The van der Waals surface area contributed by atoms with Gasteiger partial charge < -0.3 is 0 Å². The van der Waals surface area contributed by atoms with E-state index >= 15 is 0 Å². The summed E-state index contributed by atoms with van der Waals surface area (Å²) in [5.41, 5.74) is 9.90. The molecule has 3 aromatic heterocycles. The van der Waals surface area contributed by atoms with E-state index in [2.05, 4.69) is 146 Å². The van der Waals surface area contributed by atoms with Crippen molar-refractivity contribution >= 4 is 64.1 Å². The highest BCUT2D eigenvalue weighted by Gasteiger charge is 2.17. The van der Waals surface area contributed by atoms with Gasteiger partial charge in [-0.25, -0.2) is 9.97 Å². The van der Waals surface area contributed by atoms with Gasteiger partial charge in [-0.2, -0.15) is 0 Å². The number of aromatic nitrogens is 3. The van der Waals surface area contributed by atoms with E-state index in [1.807, 2.05) is 18.3 Å². The SMILES string of the molecule is c1ccc(-c2nc(-c3ccc(-c4ccc(-c5cccc6c5ccc5cccnc56)c5ccccc45)cc3)nc3c2sc2ccccc23)cc1. The molecule has 0 radical (unpaired) electrons. The first kappa shape index (κ1) is 27.8. The maximum absolute atomic E-state index is 5.17. The minimum absolute atomic E-state index is 0.736. The first-order chi connectivity index (χ1) is 24.3. The summed E-state index contributed by atoms with van der Waals surface area (Å²) in [5, 5.41) is 7.15. The molecule has 0 spiro atoms. The maximum atomic E-state index is 5.17. The Hall–Kier alpha value is -6.23. The second kappa shape index (κ2) is 11.2. The van der Waals surface area contributed by atoms with Gasteiger partial charge in [0.15, 0.2) is 5.82 Å². The first-order valence-corrected chi connectivity index (χ1v) is 17.3. The lowest BCUT2D eigenvalue weighted by Crippen LogP contribution is -1.93. The number of pyridine rings is 1. The fourth-order valence-corrected chi connectivity index (χ4v) is 8.39. The third kappa shape index (κ3) is 4.53. The Bertz CT molecular complexity index is 2870. The van der Waals surface area contributed by atoms with Crippen molar-refractivity contribution < 1.29 is 0 Å². The molecular formula is C45H27N3S. The van der Waals surface area contributed by atoms with Gasteiger partial charge in [0.1, 0.15) is 0 Å². The minimum Gasteiger partial charge on any atom is -0.256 e. The summed E-state index contributed by atoms with van der Waals surface area (Å²) >= 11 is 1.76. The van der Waals surface area contributed by atoms with Gasteiger partial charge in [0.2, 0.25) is 0 Å². The summed E-state index contributed by atoms with van der Waals surface area (Å²) in [6.07, 6.45) is 1.88. The molecule has 0 aliphatic rings. The summed E-state index contributed by atoms with van der Waals surface area (Å²) in [5.74, 6) is 0.736. The molecule has 0 unspecified atom stereocenters. The number of fused-ring (bicyclic) bond motifs is 7. The number of hydrogen-bond donors (Lipinski definition) is 0. The van der Waals surface area contributed by atoms with E-state index < -0.39 is 0 Å². The van der Waals surface area contributed by atoms with E-state index in [1.54, 1.807) is 11.3 Å². The number of hydrogen-bond acceptors (Lipinski definition) is 4. The van der Waals surface area contributed by atoms with Crippen LogP contribution in [0.4, 0.5) is 0 Å². The molecule has 0 atom stereocenters. The Morgan fingerprint density at radius 1 is 0.388 bits per heavy atom. The molecule has 0 saturated heterocycles. The van der Waals surface area contributed by atoms with Crippen LogP contribution >= 0.6 is 11.3 Å². The quantitative estimate of drug-likeness (QED) is 0.180. The maximum Gasteiger partial charge on any atom is 0.160 e. The molecule has 0 N–H and O–H groups in total. The Labute approximate surface area is 286 Å². The van der Waals surface area contributed by atoms with Crippen molar-refractivity contribution in [2.75, 3.05) is 0 Å². The van der Waals surface area contributed by atoms with Crippen molar-refractivity contribution in [1.82, 2.24) is 15.0 Å². The third-order valence-electron chi connectivity index (χ3n) is 9.57.